The molecule has 1 saturated carbocycles. The van der Waals surface area contributed by atoms with E-state index in [4.69, 9.17) is 14.6 Å². The van der Waals surface area contributed by atoms with Gasteiger partial charge in [0.1, 0.15) is 11.8 Å². The highest BCUT2D eigenvalue weighted by atomic mass is 79.9. The lowest BCUT2D eigenvalue weighted by Crippen LogP contribution is -2.15. The Bertz CT molecular complexity index is 780. The molecule has 8 heteroatoms. The Kier molecular flexibility index (Phi) is 6.48. The molecule has 0 heterocycles. The van der Waals surface area contributed by atoms with Gasteiger partial charge in [-0.3, -0.25) is 4.79 Å². The van der Waals surface area contributed by atoms with Crippen LogP contribution in [-0.2, 0) is 14.3 Å². The maximum atomic E-state index is 12.5. The van der Waals surface area contributed by atoms with Crippen LogP contribution in [-0.4, -0.2) is 23.7 Å². The summed E-state index contributed by atoms with van der Waals surface area (Å²) in [5, 5.41) is 18.1. The van der Waals surface area contributed by atoms with Gasteiger partial charge in [-0.1, -0.05) is 32.1 Å². The summed E-state index contributed by atoms with van der Waals surface area (Å²) >= 11 is 6.59. The molecule has 2 rings (SSSR count). The van der Waals surface area contributed by atoms with Gasteiger partial charge >= 0.3 is 11.9 Å². The Morgan fingerprint density at radius 2 is 2.12 bits per heavy atom. The normalized spacial score (nSPS) is 21.0. The van der Waals surface area contributed by atoms with Gasteiger partial charge in [0.15, 0.2) is 6.61 Å². The maximum Gasteiger partial charge on any atom is 0.341 e. The van der Waals surface area contributed by atoms with Crippen molar-refractivity contribution in [3.63, 3.8) is 0 Å². The number of ether oxygens (including phenoxy) is 2. The average molecular weight is 487 g/mol. The number of carbonyl (C=O) groups excluding carboxylic acids is 1. The Labute approximate surface area is 168 Å². The van der Waals surface area contributed by atoms with Crippen LogP contribution >= 0.6 is 31.9 Å². The SMILES string of the molecule is CC1(C)[C@@H](C=C(Br)Br)[C@@H]1C(=O)OC(C#N)c1cccc(OCC(=O)O)c1. The van der Waals surface area contributed by atoms with Crippen molar-refractivity contribution in [3.05, 3.63) is 39.3 Å². The lowest BCUT2D eigenvalue weighted by Gasteiger charge is -2.13. The first kappa shape index (κ1) is 20.5. The minimum atomic E-state index is -1.10. The smallest absolute Gasteiger partial charge is 0.341 e. The molecule has 3 atom stereocenters. The number of carboxylic acid groups (broad SMARTS) is 1. The number of benzene rings is 1. The quantitative estimate of drug-likeness (QED) is 0.581. The number of carbonyl (C=O) groups is 2. The van der Waals surface area contributed by atoms with Crippen molar-refractivity contribution in [2.75, 3.05) is 6.61 Å². The fraction of sp³-hybridized carbons (Fsp3) is 0.389. The summed E-state index contributed by atoms with van der Waals surface area (Å²) in [6.45, 7) is 3.43. The molecule has 0 aliphatic heterocycles. The van der Waals surface area contributed by atoms with Gasteiger partial charge in [-0.05, 0) is 55.3 Å². The van der Waals surface area contributed by atoms with Crippen molar-refractivity contribution in [2.45, 2.75) is 20.0 Å². The summed E-state index contributed by atoms with van der Waals surface area (Å²) in [4.78, 5) is 23.1. The third-order valence-electron chi connectivity index (χ3n) is 4.34. The van der Waals surface area contributed by atoms with E-state index in [-0.39, 0.29) is 23.0 Å². The van der Waals surface area contributed by atoms with Gasteiger partial charge in [-0.15, -0.1) is 0 Å². The second-order valence-corrected chi connectivity index (χ2v) is 9.25. The summed E-state index contributed by atoms with van der Waals surface area (Å²) in [5.41, 5.74) is 0.173. The summed E-state index contributed by atoms with van der Waals surface area (Å²) in [5.74, 6) is -1.59. The van der Waals surface area contributed by atoms with E-state index in [9.17, 15) is 14.9 Å². The van der Waals surface area contributed by atoms with E-state index in [2.05, 4.69) is 31.9 Å². The van der Waals surface area contributed by atoms with Crippen LogP contribution in [0.15, 0.2) is 33.7 Å². The fourth-order valence-electron chi connectivity index (χ4n) is 2.85. The zero-order valence-corrected chi connectivity index (χ0v) is 17.3. The van der Waals surface area contributed by atoms with Crippen LogP contribution in [0.5, 0.6) is 5.75 Å². The van der Waals surface area contributed by atoms with Gasteiger partial charge in [0.2, 0.25) is 6.10 Å². The minimum absolute atomic E-state index is 0.00771. The van der Waals surface area contributed by atoms with Crippen molar-refractivity contribution >= 4 is 43.8 Å². The van der Waals surface area contributed by atoms with Gasteiger partial charge in [0.25, 0.3) is 0 Å². The molecule has 0 amide bonds. The zero-order chi connectivity index (χ0) is 19.5. The Morgan fingerprint density at radius 1 is 1.42 bits per heavy atom. The molecule has 26 heavy (non-hydrogen) atoms. The molecule has 0 spiro atoms. The van der Waals surface area contributed by atoms with Crippen LogP contribution in [0.3, 0.4) is 0 Å². The van der Waals surface area contributed by atoms with Crippen LogP contribution in [0.25, 0.3) is 0 Å². The highest BCUT2D eigenvalue weighted by Gasteiger charge is 2.61. The third-order valence-corrected chi connectivity index (χ3v) is 4.87. The Balaban J connectivity index is 2.09. The molecule has 138 valence electrons. The molecule has 1 aromatic rings. The van der Waals surface area contributed by atoms with Crippen LogP contribution in [0, 0.1) is 28.6 Å². The largest absolute Gasteiger partial charge is 0.482 e. The van der Waals surface area contributed by atoms with E-state index in [1.807, 2.05) is 26.0 Å². The van der Waals surface area contributed by atoms with Crippen LogP contribution in [0.1, 0.15) is 25.5 Å². The number of rotatable bonds is 7. The fourth-order valence-corrected chi connectivity index (χ4v) is 3.42. The van der Waals surface area contributed by atoms with Crippen molar-refractivity contribution in [1.82, 2.24) is 0 Å². The minimum Gasteiger partial charge on any atom is -0.482 e. The number of halogens is 2. The van der Waals surface area contributed by atoms with Gasteiger partial charge in [-0.25, -0.2) is 4.79 Å². The second kappa shape index (κ2) is 8.23. The number of nitrogens with zero attached hydrogens (tertiary/aromatic N) is 1. The molecule has 0 aromatic heterocycles. The first-order valence-corrected chi connectivity index (χ1v) is 9.33. The lowest BCUT2D eigenvalue weighted by atomic mass is 10.1. The molecule has 0 radical (unpaired) electrons. The molecule has 0 saturated heterocycles. The first-order valence-electron chi connectivity index (χ1n) is 7.74. The first-order chi connectivity index (χ1) is 12.2. The molecule has 1 fully saturated rings. The standard InChI is InChI=1S/C18H17Br2NO5/c1-18(2)12(7-14(19)20)16(18)17(24)26-13(8-21)10-4-3-5-11(6-10)25-9-15(22)23/h3-7,12-13,16H,9H2,1-2H3,(H,22,23)/t12-,13?,16+/m0/s1. The molecular weight excluding hydrogens is 470 g/mol. The summed E-state index contributed by atoms with van der Waals surface area (Å²) in [7, 11) is 0. The van der Waals surface area contributed by atoms with Crippen molar-refractivity contribution in [3.8, 4) is 11.8 Å². The third kappa shape index (κ3) is 4.86. The predicted molar refractivity (Wildman–Crippen MR) is 101 cm³/mol. The summed E-state index contributed by atoms with van der Waals surface area (Å²) in [6, 6.07) is 8.26. The van der Waals surface area contributed by atoms with Gasteiger partial charge in [-0.2, -0.15) is 5.26 Å². The topological polar surface area (TPSA) is 96.6 Å². The summed E-state index contributed by atoms with van der Waals surface area (Å²) in [6.07, 6.45) is 0.803. The number of esters is 1. The van der Waals surface area contributed by atoms with Crippen LogP contribution < -0.4 is 4.74 Å². The van der Waals surface area contributed by atoms with E-state index in [1.165, 1.54) is 6.07 Å². The van der Waals surface area contributed by atoms with Crippen LogP contribution in [0.2, 0.25) is 0 Å². The zero-order valence-electron chi connectivity index (χ0n) is 14.1. The lowest BCUT2D eigenvalue weighted by molar-refractivity contribution is -0.149. The summed E-state index contributed by atoms with van der Waals surface area (Å²) < 4.78 is 11.3. The number of carboxylic acids is 1. The maximum absolute atomic E-state index is 12.5. The highest BCUT2D eigenvalue weighted by Crippen LogP contribution is 2.60. The number of allylic oxidation sites excluding steroid dienone is 1. The predicted octanol–water partition coefficient (Wildman–Crippen LogP) is 4.16. The van der Waals surface area contributed by atoms with Gasteiger partial charge < -0.3 is 14.6 Å². The molecule has 1 aromatic carbocycles. The monoisotopic (exact) mass is 485 g/mol. The van der Waals surface area contributed by atoms with E-state index in [0.29, 0.717) is 5.56 Å². The molecule has 1 aliphatic carbocycles. The average Bonchev–Trinajstić information content (AvgIpc) is 3.10. The number of hydrogen-bond acceptors (Lipinski definition) is 5. The number of hydrogen-bond donors (Lipinski definition) is 1. The second-order valence-electron chi connectivity index (χ2n) is 6.48. The number of nitriles is 1. The molecule has 6 nitrogen and oxygen atoms in total. The Morgan fingerprint density at radius 3 is 2.69 bits per heavy atom. The van der Waals surface area contributed by atoms with Crippen molar-refractivity contribution in [1.29, 1.82) is 5.26 Å². The van der Waals surface area contributed by atoms with E-state index >= 15 is 0 Å². The highest BCUT2D eigenvalue weighted by molar-refractivity contribution is 9.28. The van der Waals surface area contributed by atoms with Gasteiger partial charge in [0, 0.05) is 5.56 Å². The van der Waals surface area contributed by atoms with E-state index in [1.54, 1.807) is 18.2 Å². The molecular formula is C18H17Br2NO5. The molecule has 0 bridgehead atoms. The Hall–Kier alpha value is -1.85. The van der Waals surface area contributed by atoms with Gasteiger partial charge in [0.05, 0.1) is 9.31 Å². The molecule has 1 N–H and O–H groups in total. The number of aliphatic carboxylic acids is 1. The van der Waals surface area contributed by atoms with Crippen molar-refractivity contribution in [2.24, 2.45) is 17.3 Å². The molecule has 1 unspecified atom stereocenters. The van der Waals surface area contributed by atoms with E-state index in [0.717, 1.165) is 3.39 Å². The molecule has 1 aliphatic rings. The van der Waals surface area contributed by atoms with Crippen molar-refractivity contribution < 1.29 is 24.2 Å². The van der Waals surface area contributed by atoms with Crippen LogP contribution in [0.4, 0.5) is 0 Å². The van der Waals surface area contributed by atoms with E-state index < -0.39 is 24.6 Å².